The Labute approximate surface area is 146 Å². The topological polar surface area (TPSA) is 81.8 Å². The van der Waals surface area contributed by atoms with Crippen LogP contribution >= 0.6 is 0 Å². The van der Waals surface area contributed by atoms with E-state index in [0.717, 1.165) is 25.2 Å². The molecule has 0 aromatic rings. The van der Waals surface area contributed by atoms with E-state index in [1.54, 1.807) is 0 Å². The summed E-state index contributed by atoms with van der Waals surface area (Å²) in [5.41, 5.74) is 6.49. The lowest BCUT2D eigenvalue weighted by atomic mass is 9.43. The third-order valence-corrected chi connectivity index (χ3v) is 6.18. The Kier molecular flexibility index (Phi) is 5.53. The summed E-state index contributed by atoms with van der Waals surface area (Å²) in [5, 5.41) is 7.12. The summed E-state index contributed by atoms with van der Waals surface area (Å²) < 4.78 is 44.2. The van der Waals surface area contributed by atoms with Crippen molar-refractivity contribution in [2.24, 2.45) is 23.0 Å². The minimum absolute atomic E-state index is 0.0257. The highest BCUT2D eigenvalue weighted by Gasteiger charge is 2.68. The molecule has 0 spiro atoms. The predicted molar refractivity (Wildman–Crippen MR) is 86.7 cm³/mol. The van der Waals surface area contributed by atoms with E-state index >= 15 is 0 Å². The highest BCUT2D eigenvalue weighted by atomic mass is 19.4. The minimum atomic E-state index is -5.08. The molecule has 2 bridgehead atoms. The van der Waals surface area contributed by atoms with E-state index in [-0.39, 0.29) is 24.8 Å². The number of hydrogen-bond acceptors (Lipinski definition) is 4. The van der Waals surface area contributed by atoms with E-state index in [1.807, 2.05) is 0 Å². The van der Waals surface area contributed by atoms with Crippen LogP contribution in [0.25, 0.3) is 0 Å². The summed E-state index contributed by atoms with van der Waals surface area (Å²) in [4.78, 5) is 8.90. The number of halogens is 3. The second-order valence-electron chi connectivity index (χ2n) is 8.09. The molecule has 1 aliphatic heterocycles. The minimum Gasteiger partial charge on any atom is -0.475 e. The molecular weight excluding hydrogens is 338 g/mol. The molecule has 144 valence electrons. The van der Waals surface area contributed by atoms with Gasteiger partial charge in [0.05, 0.1) is 11.7 Å². The van der Waals surface area contributed by atoms with Crippen molar-refractivity contribution in [1.29, 1.82) is 0 Å². The largest absolute Gasteiger partial charge is 0.490 e. The number of alkyl halides is 3. The molecule has 4 fully saturated rings. The van der Waals surface area contributed by atoms with Crippen molar-refractivity contribution in [2.45, 2.75) is 77.2 Å². The zero-order chi connectivity index (χ0) is 19.2. The van der Waals surface area contributed by atoms with Crippen molar-refractivity contribution in [3.63, 3.8) is 0 Å². The maximum Gasteiger partial charge on any atom is 0.490 e. The van der Waals surface area contributed by atoms with Gasteiger partial charge in [-0.2, -0.15) is 13.2 Å². The van der Waals surface area contributed by atoms with Gasteiger partial charge < -0.3 is 20.1 Å². The Morgan fingerprint density at radius 1 is 1.36 bits per heavy atom. The van der Waals surface area contributed by atoms with Crippen LogP contribution in [0.15, 0.2) is 0 Å². The third kappa shape index (κ3) is 3.69. The smallest absolute Gasteiger partial charge is 0.475 e. The maximum absolute atomic E-state index is 10.6. The number of aliphatic carboxylic acids is 1. The van der Waals surface area contributed by atoms with Crippen LogP contribution in [0, 0.1) is 17.3 Å². The van der Waals surface area contributed by atoms with Crippen molar-refractivity contribution in [1.82, 2.24) is 0 Å². The Balaban J connectivity index is 0.000000277. The molecule has 5 unspecified atom stereocenters. The van der Waals surface area contributed by atoms with E-state index < -0.39 is 12.1 Å². The van der Waals surface area contributed by atoms with Crippen LogP contribution in [0.4, 0.5) is 13.2 Å². The molecular formula is C16H27BF3NO4. The van der Waals surface area contributed by atoms with Crippen molar-refractivity contribution in [2.75, 3.05) is 0 Å². The van der Waals surface area contributed by atoms with Crippen LogP contribution < -0.4 is 5.73 Å². The van der Waals surface area contributed by atoms with Gasteiger partial charge in [-0.25, -0.2) is 4.79 Å². The highest BCUT2D eigenvalue weighted by Crippen LogP contribution is 2.65. The zero-order valence-corrected chi connectivity index (χ0v) is 15.1. The molecule has 0 aromatic carbocycles. The first-order chi connectivity index (χ1) is 11.3. The van der Waals surface area contributed by atoms with Gasteiger partial charge in [-0.15, -0.1) is 0 Å². The van der Waals surface area contributed by atoms with Crippen molar-refractivity contribution in [3.8, 4) is 0 Å². The van der Waals surface area contributed by atoms with Gasteiger partial charge in [0, 0.05) is 5.94 Å². The summed E-state index contributed by atoms with van der Waals surface area (Å²) >= 11 is 0. The molecule has 5 nitrogen and oxygen atoms in total. The average Bonchev–Trinajstić information content (AvgIpc) is 2.84. The number of carboxylic acids is 1. The van der Waals surface area contributed by atoms with E-state index in [1.165, 1.54) is 6.42 Å². The second-order valence-corrected chi connectivity index (χ2v) is 8.09. The van der Waals surface area contributed by atoms with E-state index in [0.29, 0.717) is 11.3 Å². The standard InChI is InChI=1S/C14H26BNO2.C2HF3O2/c1-5-6-12(16)15-17-11-8-9-7-10(13(9,2)3)14(11,4)18-15;3-2(4,5)1(6)7/h9-12H,5-8,16H2,1-4H3;(H,6,7). The van der Waals surface area contributed by atoms with Gasteiger partial charge in [0.1, 0.15) is 0 Å². The summed E-state index contributed by atoms with van der Waals surface area (Å²) in [7, 11) is -0.185. The fourth-order valence-corrected chi connectivity index (χ4v) is 4.55. The molecule has 4 aliphatic rings. The number of carbonyl (C=O) groups is 1. The molecule has 0 aromatic heterocycles. The van der Waals surface area contributed by atoms with Crippen LogP contribution in [0.2, 0.25) is 0 Å². The first kappa shape index (κ1) is 20.5. The molecule has 1 heterocycles. The van der Waals surface area contributed by atoms with Crippen molar-refractivity contribution < 1.29 is 32.4 Å². The predicted octanol–water partition coefficient (Wildman–Crippen LogP) is 3.01. The molecule has 3 N–H and O–H groups in total. The molecule has 0 radical (unpaired) electrons. The normalized spacial score (nSPS) is 36.6. The van der Waals surface area contributed by atoms with E-state index in [2.05, 4.69) is 27.7 Å². The summed E-state index contributed by atoms with van der Waals surface area (Å²) in [6.45, 7) is 9.17. The molecule has 1 saturated heterocycles. The van der Waals surface area contributed by atoms with Gasteiger partial charge in [0.15, 0.2) is 0 Å². The molecule has 5 atom stereocenters. The maximum atomic E-state index is 10.6. The average molecular weight is 365 g/mol. The quantitative estimate of drug-likeness (QED) is 0.752. The molecule has 9 heteroatoms. The Hall–Kier alpha value is -0.795. The Morgan fingerprint density at radius 2 is 1.92 bits per heavy atom. The zero-order valence-electron chi connectivity index (χ0n) is 15.1. The highest BCUT2D eigenvalue weighted by molar-refractivity contribution is 6.47. The fourth-order valence-electron chi connectivity index (χ4n) is 4.55. The second kappa shape index (κ2) is 6.74. The van der Waals surface area contributed by atoms with Crippen molar-refractivity contribution >= 4 is 13.1 Å². The molecule has 3 saturated carbocycles. The lowest BCUT2D eigenvalue weighted by molar-refractivity contribution is -0.199. The van der Waals surface area contributed by atoms with Crippen LogP contribution in [0.5, 0.6) is 0 Å². The first-order valence-corrected chi connectivity index (χ1v) is 8.73. The van der Waals surface area contributed by atoms with E-state index in [9.17, 15) is 13.2 Å². The van der Waals surface area contributed by atoms with Crippen LogP contribution in [-0.2, 0) is 14.1 Å². The molecule has 4 rings (SSSR count). The Bertz CT molecular complexity index is 516. The van der Waals surface area contributed by atoms with Crippen LogP contribution in [-0.4, -0.2) is 42.0 Å². The fraction of sp³-hybridized carbons (Fsp3) is 0.938. The summed E-state index contributed by atoms with van der Waals surface area (Å²) in [6.07, 6.45) is -0.301. The van der Waals surface area contributed by atoms with Crippen molar-refractivity contribution in [3.05, 3.63) is 0 Å². The summed E-state index contributed by atoms with van der Waals surface area (Å²) in [6, 6.07) is 0. The molecule has 25 heavy (non-hydrogen) atoms. The van der Waals surface area contributed by atoms with Gasteiger partial charge in [0.2, 0.25) is 0 Å². The Morgan fingerprint density at radius 3 is 2.36 bits per heavy atom. The monoisotopic (exact) mass is 365 g/mol. The lowest BCUT2D eigenvalue weighted by Gasteiger charge is -2.64. The van der Waals surface area contributed by atoms with Gasteiger partial charge in [-0.1, -0.05) is 27.2 Å². The van der Waals surface area contributed by atoms with Crippen LogP contribution in [0.1, 0.15) is 53.4 Å². The van der Waals surface area contributed by atoms with Gasteiger partial charge in [0.25, 0.3) is 0 Å². The number of rotatable bonds is 3. The molecule has 3 aliphatic carbocycles. The summed E-state index contributed by atoms with van der Waals surface area (Å²) in [5.74, 6) is -1.29. The third-order valence-electron chi connectivity index (χ3n) is 6.18. The van der Waals surface area contributed by atoms with Gasteiger partial charge >= 0.3 is 19.3 Å². The van der Waals surface area contributed by atoms with Crippen LogP contribution in [0.3, 0.4) is 0 Å². The van der Waals surface area contributed by atoms with E-state index in [4.69, 9.17) is 24.9 Å². The number of nitrogens with two attached hydrogens (primary N) is 1. The molecule has 0 amide bonds. The number of carboxylic acid groups (broad SMARTS) is 1. The van der Waals surface area contributed by atoms with Gasteiger partial charge in [-0.3, -0.25) is 0 Å². The SMILES string of the molecule is CCCC(N)B1OC2CC3CC(C3(C)C)C2(C)O1.O=C(O)C(F)(F)F. The first-order valence-electron chi connectivity index (χ1n) is 8.73. The van der Waals surface area contributed by atoms with Gasteiger partial charge in [-0.05, 0) is 43.4 Å². The number of hydrogen-bond donors (Lipinski definition) is 2. The lowest BCUT2D eigenvalue weighted by Crippen LogP contribution is -2.65.